The Balaban J connectivity index is 1.85. The fourth-order valence-electron chi connectivity index (χ4n) is 3.18. The van der Waals surface area contributed by atoms with Gasteiger partial charge in [-0.25, -0.2) is 0 Å². The van der Waals surface area contributed by atoms with E-state index in [-0.39, 0.29) is 25.7 Å². The summed E-state index contributed by atoms with van der Waals surface area (Å²) in [4.78, 5) is 12.6. The number of hydrogen-bond acceptors (Lipinski definition) is 2. The van der Waals surface area contributed by atoms with E-state index in [2.05, 4.69) is 24.3 Å². The normalized spacial score (nSPS) is 22.7. The van der Waals surface area contributed by atoms with Gasteiger partial charge in [0.05, 0.1) is 0 Å². The number of esters is 1. The minimum absolute atomic E-state index is 0.0472. The number of hydrogen-bond donors (Lipinski definition) is 0. The topological polar surface area (TPSA) is 26.3 Å². The van der Waals surface area contributed by atoms with Crippen molar-refractivity contribution in [3.8, 4) is 0 Å². The third-order valence-corrected chi connectivity index (χ3v) is 7.28. The molecule has 0 amide bonds. The van der Waals surface area contributed by atoms with Gasteiger partial charge in [0, 0.05) is 0 Å². The fourth-order valence-corrected chi connectivity index (χ4v) is 5.47. The molecular formula is C21H32O2Se. The summed E-state index contributed by atoms with van der Waals surface area (Å²) >= 11 is 0.184. The molecule has 1 aliphatic rings. The number of rotatable bonds is 2. The van der Waals surface area contributed by atoms with Crippen LogP contribution in [0.4, 0.5) is 0 Å². The maximum absolute atomic E-state index is 12.5. The van der Waals surface area contributed by atoms with Crippen molar-refractivity contribution < 1.29 is 9.53 Å². The third kappa shape index (κ3) is 8.35. The van der Waals surface area contributed by atoms with E-state index in [9.17, 15) is 4.79 Å². The van der Waals surface area contributed by atoms with Crippen LogP contribution in [0.5, 0.6) is 0 Å². The van der Waals surface area contributed by atoms with Gasteiger partial charge in [0.25, 0.3) is 0 Å². The first-order valence-corrected chi connectivity index (χ1v) is 11.6. The SMILES string of the molecule is O=C1OCCCCCCCCCCCCCC1[Se]c1ccccc1. The molecule has 0 aromatic heterocycles. The van der Waals surface area contributed by atoms with Crippen LogP contribution in [-0.4, -0.2) is 27.5 Å². The van der Waals surface area contributed by atoms with Crippen molar-refractivity contribution in [3.63, 3.8) is 0 Å². The van der Waals surface area contributed by atoms with E-state index in [1.807, 2.05) is 6.07 Å². The van der Waals surface area contributed by atoms with Crippen molar-refractivity contribution in [1.82, 2.24) is 0 Å². The summed E-state index contributed by atoms with van der Waals surface area (Å²) < 4.78 is 6.91. The van der Waals surface area contributed by atoms with Crippen LogP contribution in [0.15, 0.2) is 30.3 Å². The molecule has 1 heterocycles. The van der Waals surface area contributed by atoms with Crippen molar-refractivity contribution in [1.29, 1.82) is 0 Å². The number of benzene rings is 1. The van der Waals surface area contributed by atoms with Crippen molar-refractivity contribution in [3.05, 3.63) is 30.3 Å². The van der Waals surface area contributed by atoms with Gasteiger partial charge >= 0.3 is 154 Å². The first-order chi connectivity index (χ1) is 11.9. The predicted octanol–water partition coefficient (Wildman–Crippen LogP) is 5.04. The zero-order valence-corrected chi connectivity index (χ0v) is 16.6. The van der Waals surface area contributed by atoms with E-state index in [4.69, 9.17) is 4.74 Å². The van der Waals surface area contributed by atoms with Crippen LogP contribution in [0.1, 0.15) is 77.0 Å². The number of carbonyl (C=O) groups is 1. The molecule has 1 unspecified atom stereocenters. The van der Waals surface area contributed by atoms with Gasteiger partial charge in [0.15, 0.2) is 0 Å². The first kappa shape index (κ1) is 19.5. The molecular weight excluding hydrogens is 363 g/mol. The Morgan fingerprint density at radius 2 is 1.29 bits per heavy atom. The summed E-state index contributed by atoms with van der Waals surface area (Å²) in [5.41, 5.74) is 0. The standard InChI is InChI=1S/C21H32O2Se/c22-21-20(24-19-15-11-10-12-16-19)17-13-8-6-4-2-1-3-5-7-9-14-18-23-21/h10-12,15-16,20H,1-9,13-14,17-18H2. The second kappa shape index (κ2) is 12.6. The molecule has 0 saturated carbocycles. The molecule has 2 rings (SSSR count). The van der Waals surface area contributed by atoms with Gasteiger partial charge in [-0.3, -0.25) is 0 Å². The Hall–Kier alpha value is -0.791. The Bertz CT molecular complexity index is 446. The molecule has 1 aromatic rings. The van der Waals surface area contributed by atoms with E-state index >= 15 is 0 Å². The molecule has 0 aliphatic carbocycles. The second-order valence-electron chi connectivity index (χ2n) is 6.76. The summed E-state index contributed by atoms with van der Waals surface area (Å²) in [5, 5.41) is 0. The van der Waals surface area contributed by atoms with Crippen LogP contribution in [0.2, 0.25) is 4.82 Å². The van der Waals surface area contributed by atoms with Gasteiger partial charge in [-0.2, -0.15) is 0 Å². The summed E-state index contributed by atoms with van der Waals surface area (Å²) in [6.45, 7) is 0.611. The van der Waals surface area contributed by atoms with E-state index in [1.165, 1.54) is 62.2 Å². The van der Waals surface area contributed by atoms with Crippen LogP contribution in [0, 0.1) is 0 Å². The average molecular weight is 395 g/mol. The monoisotopic (exact) mass is 396 g/mol. The van der Waals surface area contributed by atoms with E-state index in [1.54, 1.807) is 0 Å². The van der Waals surface area contributed by atoms with Gasteiger partial charge in [0.1, 0.15) is 0 Å². The zero-order chi connectivity index (χ0) is 16.9. The van der Waals surface area contributed by atoms with Gasteiger partial charge in [0.2, 0.25) is 0 Å². The van der Waals surface area contributed by atoms with E-state index < -0.39 is 0 Å². The van der Waals surface area contributed by atoms with Gasteiger partial charge < -0.3 is 0 Å². The molecule has 1 aromatic carbocycles. The van der Waals surface area contributed by atoms with Crippen molar-refractivity contribution in [2.24, 2.45) is 0 Å². The van der Waals surface area contributed by atoms with Crippen LogP contribution in [0.3, 0.4) is 0 Å². The number of carbonyl (C=O) groups excluding carboxylic acids is 1. The number of cyclic esters (lactones) is 1. The first-order valence-electron chi connectivity index (χ1n) is 9.74. The van der Waals surface area contributed by atoms with Crippen LogP contribution in [0.25, 0.3) is 0 Å². The Morgan fingerprint density at radius 1 is 0.750 bits per heavy atom. The molecule has 0 N–H and O–H groups in total. The quantitative estimate of drug-likeness (QED) is 0.518. The third-order valence-electron chi connectivity index (χ3n) is 4.64. The molecule has 134 valence electrons. The van der Waals surface area contributed by atoms with Crippen molar-refractivity contribution in [2.45, 2.75) is 81.9 Å². The van der Waals surface area contributed by atoms with E-state index in [0.717, 1.165) is 19.3 Å². The molecule has 2 nitrogen and oxygen atoms in total. The molecule has 1 aliphatic heterocycles. The summed E-state index contributed by atoms with van der Waals surface area (Å²) in [6, 6.07) is 10.5. The molecule has 0 radical (unpaired) electrons. The molecule has 24 heavy (non-hydrogen) atoms. The van der Waals surface area contributed by atoms with Crippen molar-refractivity contribution >= 4 is 25.4 Å². The predicted molar refractivity (Wildman–Crippen MR) is 102 cm³/mol. The maximum atomic E-state index is 12.5. The fraction of sp³-hybridized carbons (Fsp3) is 0.667. The zero-order valence-electron chi connectivity index (χ0n) is 14.9. The van der Waals surface area contributed by atoms with Gasteiger partial charge in [-0.05, 0) is 0 Å². The van der Waals surface area contributed by atoms with Crippen molar-refractivity contribution in [2.75, 3.05) is 6.61 Å². The van der Waals surface area contributed by atoms with Gasteiger partial charge in [-0.15, -0.1) is 0 Å². The molecule has 1 atom stereocenters. The van der Waals surface area contributed by atoms with Gasteiger partial charge in [-0.1, -0.05) is 0 Å². The van der Waals surface area contributed by atoms with Crippen LogP contribution < -0.4 is 4.46 Å². The second-order valence-corrected chi connectivity index (χ2v) is 9.44. The van der Waals surface area contributed by atoms with Crippen LogP contribution >= 0.6 is 0 Å². The molecule has 3 heteroatoms. The Morgan fingerprint density at radius 3 is 1.92 bits per heavy atom. The summed E-state index contributed by atoms with van der Waals surface area (Å²) in [7, 11) is 0. The van der Waals surface area contributed by atoms with E-state index in [0.29, 0.717) is 6.61 Å². The Kier molecular flexibility index (Phi) is 10.2. The summed E-state index contributed by atoms with van der Waals surface area (Å²) in [5.74, 6) is 0.0472. The molecule has 1 fully saturated rings. The van der Waals surface area contributed by atoms with Crippen LogP contribution in [-0.2, 0) is 9.53 Å². The molecule has 0 bridgehead atoms. The molecule has 1 saturated heterocycles. The number of ether oxygens (including phenoxy) is 1. The minimum atomic E-state index is 0.0472. The Labute approximate surface area is 153 Å². The summed E-state index contributed by atoms with van der Waals surface area (Å²) in [6.07, 6.45) is 15.1. The average Bonchev–Trinajstić information content (AvgIpc) is 2.60. The molecule has 0 spiro atoms.